The molecule has 4 heterocycles. The highest BCUT2D eigenvalue weighted by molar-refractivity contribution is 7.17. The summed E-state index contributed by atoms with van der Waals surface area (Å²) in [4.78, 5) is 12.9. The molecule has 0 aliphatic heterocycles. The van der Waals surface area contributed by atoms with Gasteiger partial charge in [0.2, 0.25) is 0 Å². The van der Waals surface area contributed by atoms with Crippen LogP contribution in [-0.4, -0.2) is 25.3 Å². The van der Waals surface area contributed by atoms with Crippen molar-refractivity contribution >= 4 is 48.9 Å². The van der Waals surface area contributed by atoms with Crippen LogP contribution < -0.4 is 0 Å². The third kappa shape index (κ3) is 1.93. The summed E-state index contributed by atoms with van der Waals surface area (Å²) in [6, 6.07) is 3.37. The average molecular weight is 330 g/mol. The van der Waals surface area contributed by atoms with Crippen molar-refractivity contribution in [3.63, 3.8) is 0 Å². The zero-order valence-electron chi connectivity index (χ0n) is 12.1. The lowest BCUT2D eigenvalue weighted by Crippen LogP contribution is -2.26. The topological polar surface area (TPSA) is 52.7 Å². The summed E-state index contributed by atoms with van der Waals surface area (Å²) < 4.78 is 5.82. The van der Waals surface area contributed by atoms with Crippen molar-refractivity contribution < 1.29 is 4.79 Å². The number of hydrogen-bond donors (Lipinski definition) is 0. The number of ketones is 1. The van der Waals surface area contributed by atoms with Gasteiger partial charge in [-0.15, -0.1) is 22.7 Å². The summed E-state index contributed by atoms with van der Waals surface area (Å²) in [7, 11) is 0. The Bertz CT molecular complexity index is 884. The number of carbonyl (C=O) groups is 1. The highest BCUT2D eigenvalue weighted by Crippen LogP contribution is 2.28. The normalized spacial score (nSPS) is 14.6. The van der Waals surface area contributed by atoms with Crippen LogP contribution in [0.3, 0.4) is 0 Å². The van der Waals surface area contributed by atoms with Gasteiger partial charge in [-0.2, -0.15) is 10.2 Å². The van der Waals surface area contributed by atoms with E-state index >= 15 is 0 Å². The van der Waals surface area contributed by atoms with Crippen LogP contribution in [0.5, 0.6) is 0 Å². The van der Waals surface area contributed by atoms with E-state index in [2.05, 4.69) is 10.2 Å². The first-order chi connectivity index (χ1) is 10.7. The number of thiophene rings is 2. The molecule has 2 atom stereocenters. The lowest BCUT2D eigenvalue weighted by Gasteiger charge is -2.18. The fraction of sp³-hybridized carbons (Fsp3) is 0.267. The van der Waals surface area contributed by atoms with Crippen molar-refractivity contribution in [2.24, 2.45) is 0 Å². The molecular weight excluding hydrogens is 316 g/mol. The molecule has 0 fully saturated rings. The summed E-state index contributed by atoms with van der Waals surface area (Å²) in [5.74, 6) is 0.104. The van der Waals surface area contributed by atoms with Crippen LogP contribution in [0.15, 0.2) is 35.3 Å². The maximum atomic E-state index is 12.9. The van der Waals surface area contributed by atoms with E-state index in [-0.39, 0.29) is 17.9 Å². The molecule has 4 aromatic rings. The molecular formula is C15H14N4OS2. The van der Waals surface area contributed by atoms with E-state index in [4.69, 9.17) is 0 Å². The minimum Gasteiger partial charge on any atom is -0.295 e. The van der Waals surface area contributed by atoms with Gasteiger partial charge < -0.3 is 0 Å². The molecule has 0 amide bonds. The molecule has 0 aromatic carbocycles. The molecule has 0 spiro atoms. The molecule has 5 nitrogen and oxygen atoms in total. The Labute approximate surface area is 134 Å². The standard InChI is InChI=1S/C15H14N4OS2/c1-9(18-11-3-5-21-13(11)7-16-18)15(20)10(2)19-12-4-6-22-14(12)8-17-19/h3-10H,1-2H3. The number of fused-ring (bicyclic) bond motifs is 2. The van der Waals surface area contributed by atoms with Gasteiger partial charge in [0, 0.05) is 0 Å². The van der Waals surface area contributed by atoms with E-state index in [1.54, 1.807) is 32.0 Å². The molecule has 0 aliphatic rings. The molecule has 4 aromatic heterocycles. The highest BCUT2D eigenvalue weighted by atomic mass is 32.1. The van der Waals surface area contributed by atoms with E-state index in [9.17, 15) is 4.79 Å². The van der Waals surface area contributed by atoms with Gasteiger partial charge in [-0.3, -0.25) is 14.2 Å². The largest absolute Gasteiger partial charge is 0.295 e. The second-order valence-electron chi connectivity index (χ2n) is 5.27. The second kappa shape index (κ2) is 5.03. The van der Waals surface area contributed by atoms with Gasteiger partial charge >= 0.3 is 0 Å². The third-order valence-corrected chi connectivity index (χ3v) is 5.68. The fourth-order valence-electron chi connectivity index (χ4n) is 2.76. The monoisotopic (exact) mass is 330 g/mol. The number of nitrogens with zero attached hydrogens (tertiary/aromatic N) is 4. The Balaban J connectivity index is 1.69. The predicted octanol–water partition coefficient (Wildman–Crippen LogP) is 3.90. The van der Waals surface area contributed by atoms with Gasteiger partial charge in [0.1, 0.15) is 12.1 Å². The van der Waals surface area contributed by atoms with Crippen LogP contribution in [0.4, 0.5) is 0 Å². The van der Waals surface area contributed by atoms with Gasteiger partial charge in [0.15, 0.2) is 5.78 Å². The van der Waals surface area contributed by atoms with E-state index in [0.717, 1.165) is 20.4 Å². The molecule has 0 bridgehead atoms. The first-order valence-electron chi connectivity index (χ1n) is 7.02. The van der Waals surface area contributed by atoms with Gasteiger partial charge in [-0.25, -0.2) is 0 Å². The smallest absolute Gasteiger partial charge is 0.181 e. The molecule has 0 radical (unpaired) electrons. The van der Waals surface area contributed by atoms with Gasteiger partial charge in [0.05, 0.1) is 32.8 Å². The average Bonchev–Trinajstić information content (AvgIpc) is 3.23. The van der Waals surface area contributed by atoms with Crippen LogP contribution >= 0.6 is 22.7 Å². The predicted molar refractivity (Wildman–Crippen MR) is 89.6 cm³/mol. The van der Waals surface area contributed by atoms with Gasteiger partial charge in [0.25, 0.3) is 0 Å². The van der Waals surface area contributed by atoms with E-state index in [0.29, 0.717) is 0 Å². The number of carbonyl (C=O) groups excluding carboxylic acids is 1. The van der Waals surface area contributed by atoms with Crippen molar-refractivity contribution in [1.82, 2.24) is 19.6 Å². The fourth-order valence-corrected chi connectivity index (χ4v) is 4.23. The molecule has 22 heavy (non-hydrogen) atoms. The maximum Gasteiger partial charge on any atom is 0.181 e. The number of rotatable bonds is 4. The van der Waals surface area contributed by atoms with E-state index < -0.39 is 0 Å². The van der Waals surface area contributed by atoms with Crippen LogP contribution in [-0.2, 0) is 4.79 Å². The first kappa shape index (κ1) is 13.7. The van der Waals surface area contributed by atoms with Crippen molar-refractivity contribution in [3.05, 3.63) is 35.3 Å². The van der Waals surface area contributed by atoms with Gasteiger partial charge in [-0.1, -0.05) is 0 Å². The minimum absolute atomic E-state index is 0.104. The highest BCUT2D eigenvalue weighted by Gasteiger charge is 2.26. The zero-order chi connectivity index (χ0) is 15.3. The molecule has 0 N–H and O–H groups in total. The Hall–Kier alpha value is -1.99. The van der Waals surface area contributed by atoms with Crippen molar-refractivity contribution in [1.29, 1.82) is 0 Å². The molecule has 2 unspecified atom stereocenters. The molecule has 4 rings (SSSR count). The summed E-state index contributed by atoms with van der Waals surface area (Å²) in [6.07, 6.45) is 3.64. The van der Waals surface area contributed by atoms with Gasteiger partial charge in [-0.05, 0) is 36.7 Å². The quantitative estimate of drug-likeness (QED) is 0.570. The lowest BCUT2D eigenvalue weighted by atomic mass is 10.1. The summed E-state index contributed by atoms with van der Waals surface area (Å²) in [5.41, 5.74) is 2.03. The number of aromatic nitrogens is 4. The Morgan fingerprint density at radius 1 is 0.955 bits per heavy atom. The molecule has 112 valence electrons. The summed E-state index contributed by atoms with van der Waals surface area (Å²) in [5, 5.41) is 12.8. The number of Topliss-reactive ketones (excluding diaryl/α,β-unsaturated/α-hetero) is 1. The first-order valence-corrected chi connectivity index (χ1v) is 8.78. The zero-order valence-corrected chi connectivity index (χ0v) is 13.8. The van der Waals surface area contributed by atoms with Crippen molar-refractivity contribution in [2.45, 2.75) is 25.9 Å². The minimum atomic E-state index is -0.319. The Morgan fingerprint density at radius 2 is 1.41 bits per heavy atom. The van der Waals surface area contributed by atoms with E-state index in [1.165, 1.54) is 0 Å². The molecule has 0 aliphatic carbocycles. The summed E-state index contributed by atoms with van der Waals surface area (Å²) in [6.45, 7) is 3.80. The van der Waals surface area contributed by atoms with Crippen molar-refractivity contribution in [3.8, 4) is 0 Å². The lowest BCUT2D eigenvalue weighted by molar-refractivity contribution is -0.124. The van der Waals surface area contributed by atoms with E-state index in [1.807, 2.05) is 49.1 Å². The summed E-state index contributed by atoms with van der Waals surface area (Å²) >= 11 is 3.27. The maximum absolute atomic E-state index is 12.9. The Morgan fingerprint density at radius 3 is 1.86 bits per heavy atom. The SMILES string of the molecule is CC(C(=O)C(C)n1ncc2sccc21)n1ncc2sccc21. The van der Waals surface area contributed by atoms with Crippen LogP contribution in [0.2, 0.25) is 0 Å². The molecule has 7 heteroatoms. The van der Waals surface area contributed by atoms with Crippen LogP contribution in [0.25, 0.3) is 20.4 Å². The number of hydrogen-bond acceptors (Lipinski definition) is 5. The molecule has 0 saturated heterocycles. The second-order valence-corrected chi connectivity index (χ2v) is 7.17. The molecule has 0 saturated carbocycles. The van der Waals surface area contributed by atoms with Crippen molar-refractivity contribution in [2.75, 3.05) is 0 Å². The van der Waals surface area contributed by atoms with Crippen LogP contribution in [0, 0.1) is 0 Å². The third-order valence-electron chi connectivity index (χ3n) is 4.00. The van der Waals surface area contributed by atoms with Crippen LogP contribution in [0.1, 0.15) is 25.9 Å². The Kier molecular flexibility index (Phi) is 3.12.